The van der Waals surface area contributed by atoms with E-state index in [1.165, 1.54) is 0 Å². The summed E-state index contributed by atoms with van der Waals surface area (Å²) in [5.41, 5.74) is 7.03. The summed E-state index contributed by atoms with van der Waals surface area (Å²) >= 11 is 0. The number of amides is 1. The Balaban J connectivity index is 2.65. The van der Waals surface area contributed by atoms with Crippen molar-refractivity contribution < 1.29 is 23.8 Å². The molecule has 1 amide bonds. The van der Waals surface area contributed by atoms with Gasteiger partial charge in [0.05, 0.1) is 32.1 Å². The summed E-state index contributed by atoms with van der Waals surface area (Å²) in [6.45, 7) is 10.2. The Morgan fingerprint density at radius 2 is 1.75 bits per heavy atom. The van der Waals surface area contributed by atoms with Crippen molar-refractivity contribution in [3.63, 3.8) is 0 Å². The standard InChI is InChI=1S/C20H31BN2O5/c1-14-11-15(2)18(20(3,4)13-17(21)24)16(12-14)28-19(25)23-6-8-27-10-9-26-7-5-22/h11-12H,5-10,13,22H2,1-4H3,(H,23,25). The molecule has 7 nitrogen and oxygen atoms in total. The van der Waals surface area contributed by atoms with Crippen molar-refractivity contribution in [2.75, 3.05) is 39.5 Å². The van der Waals surface area contributed by atoms with Crippen molar-refractivity contribution in [3.05, 3.63) is 28.8 Å². The number of aryl methyl sites for hydroxylation is 2. The number of hydrogen-bond acceptors (Lipinski definition) is 6. The van der Waals surface area contributed by atoms with Crippen LogP contribution in [0.4, 0.5) is 4.79 Å². The fourth-order valence-electron chi connectivity index (χ4n) is 3.17. The van der Waals surface area contributed by atoms with Crippen LogP contribution in [-0.4, -0.2) is 59.1 Å². The van der Waals surface area contributed by atoms with Crippen LogP contribution in [0.15, 0.2) is 12.1 Å². The smallest absolute Gasteiger partial charge is 0.410 e. The summed E-state index contributed by atoms with van der Waals surface area (Å²) in [7, 11) is 5.39. The van der Waals surface area contributed by atoms with Crippen LogP contribution < -0.4 is 15.8 Å². The molecule has 0 spiro atoms. The predicted molar refractivity (Wildman–Crippen MR) is 109 cm³/mol. The largest absolute Gasteiger partial charge is 0.412 e. The Bertz CT molecular complexity index is 664. The van der Waals surface area contributed by atoms with Crippen LogP contribution in [0.25, 0.3) is 0 Å². The van der Waals surface area contributed by atoms with Gasteiger partial charge in [0.25, 0.3) is 0 Å². The maximum atomic E-state index is 12.2. The van der Waals surface area contributed by atoms with E-state index in [-0.39, 0.29) is 6.42 Å². The third-order valence-corrected chi connectivity index (χ3v) is 4.09. The van der Waals surface area contributed by atoms with Crippen molar-refractivity contribution in [1.82, 2.24) is 5.32 Å². The first-order valence-corrected chi connectivity index (χ1v) is 9.38. The molecule has 0 atom stereocenters. The lowest BCUT2D eigenvalue weighted by Gasteiger charge is -2.28. The number of nitrogens with two attached hydrogens (primary N) is 1. The van der Waals surface area contributed by atoms with Gasteiger partial charge in [-0.25, -0.2) is 4.79 Å². The minimum Gasteiger partial charge on any atom is -0.410 e. The van der Waals surface area contributed by atoms with Crippen molar-refractivity contribution in [2.45, 2.75) is 39.5 Å². The van der Waals surface area contributed by atoms with Crippen LogP contribution in [0.5, 0.6) is 5.75 Å². The molecule has 28 heavy (non-hydrogen) atoms. The fourth-order valence-corrected chi connectivity index (χ4v) is 3.17. The molecule has 0 fully saturated rings. The molecule has 2 radical (unpaired) electrons. The third kappa shape index (κ3) is 8.41. The Hall–Kier alpha value is -1.90. The second-order valence-electron chi connectivity index (χ2n) is 7.31. The summed E-state index contributed by atoms with van der Waals surface area (Å²) in [6.07, 6.45) is -0.432. The molecular formula is C20H31BN2O5. The summed E-state index contributed by atoms with van der Waals surface area (Å²) in [5, 5.41) is 2.65. The van der Waals surface area contributed by atoms with Gasteiger partial charge < -0.3 is 30.1 Å². The van der Waals surface area contributed by atoms with Gasteiger partial charge in [0.15, 0.2) is 7.85 Å². The number of hydrogen-bond donors (Lipinski definition) is 2. The number of rotatable bonds is 12. The molecule has 0 saturated carbocycles. The molecule has 0 unspecified atom stereocenters. The molecule has 0 aliphatic rings. The highest BCUT2D eigenvalue weighted by Crippen LogP contribution is 2.37. The van der Waals surface area contributed by atoms with Crippen LogP contribution in [-0.2, 0) is 19.7 Å². The second kappa shape index (κ2) is 11.8. The molecule has 8 heteroatoms. The van der Waals surface area contributed by atoms with Gasteiger partial charge in [-0.15, -0.1) is 0 Å². The third-order valence-electron chi connectivity index (χ3n) is 4.09. The zero-order valence-electron chi connectivity index (χ0n) is 17.3. The Kier molecular flexibility index (Phi) is 10.2. The highest BCUT2D eigenvalue weighted by molar-refractivity contribution is 6.57. The molecule has 0 saturated heterocycles. The Labute approximate surface area is 168 Å². The first-order chi connectivity index (χ1) is 13.2. The van der Waals surface area contributed by atoms with Crippen molar-refractivity contribution in [3.8, 4) is 5.75 Å². The quantitative estimate of drug-likeness (QED) is 0.417. The zero-order chi connectivity index (χ0) is 21.2. The predicted octanol–water partition coefficient (Wildman–Crippen LogP) is 1.75. The van der Waals surface area contributed by atoms with E-state index in [1.807, 2.05) is 33.8 Å². The molecular weight excluding hydrogens is 359 g/mol. The topological polar surface area (TPSA) is 99.9 Å². The van der Waals surface area contributed by atoms with Crippen LogP contribution in [0, 0.1) is 13.8 Å². The Morgan fingerprint density at radius 1 is 1.11 bits per heavy atom. The molecule has 0 heterocycles. The van der Waals surface area contributed by atoms with Crippen LogP contribution in [0.2, 0.25) is 0 Å². The average Bonchev–Trinajstić information content (AvgIpc) is 2.55. The van der Waals surface area contributed by atoms with Crippen LogP contribution in [0.3, 0.4) is 0 Å². The van der Waals surface area contributed by atoms with E-state index in [0.29, 0.717) is 45.3 Å². The second-order valence-corrected chi connectivity index (χ2v) is 7.31. The minimum absolute atomic E-state index is 0.148. The lowest BCUT2D eigenvalue weighted by Crippen LogP contribution is -2.32. The lowest BCUT2D eigenvalue weighted by molar-refractivity contribution is -0.112. The van der Waals surface area contributed by atoms with E-state index in [4.69, 9.17) is 27.8 Å². The van der Waals surface area contributed by atoms with Crippen molar-refractivity contribution in [1.29, 1.82) is 0 Å². The molecule has 1 aromatic rings. The van der Waals surface area contributed by atoms with E-state index >= 15 is 0 Å². The average molecular weight is 390 g/mol. The molecule has 0 aliphatic heterocycles. The molecule has 1 rings (SSSR count). The summed E-state index contributed by atoms with van der Waals surface area (Å²) < 4.78 is 16.1. The van der Waals surface area contributed by atoms with E-state index in [2.05, 4.69) is 5.32 Å². The monoisotopic (exact) mass is 390 g/mol. The van der Waals surface area contributed by atoms with E-state index in [0.717, 1.165) is 16.7 Å². The van der Waals surface area contributed by atoms with Crippen molar-refractivity contribution in [2.24, 2.45) is 5.73 Å². The highest BCUT2D eigenvalue weighted by Gasteiger charge is 2.29. The normalized spacial score (nSPS) is 11.3. The SMILES string of the molecule is [B]C(=O)CC(C)(C)c1c(C)cc(C)cc1OC(=O)NCCOCCOCCN. The number of nitrogens with one attached hydrogen (secondary N) is 1. The summed E-state index contributed by atoms with van der Waals surface area (Å²) in [5.74, 6) is 0.428. The maximum absolute atomic E-state index is 12.2. The minimum atomic E-state index is -0.580. The molecule has 0 aromatic heterocycles. The molecule has 0 bridgehead atoms. The van der Waals surface area contributed by atoms with Crippen LogP contribution in [0.1, 0.15) is 37.0 Å². The summed E-state index contributed by atoms with van der Waals surface area (Å²) in [4.78, 5) is 23.7. The van der Waals surface area contributed by atoms with Gasteiger partial charge in [-0.1, -0.05) is 19.9 Å². The fraction of sp³-hybridized carbons (Fsp3) is 0.600. The first kappa shape index (κ1) is 24.1. The van der Waals surface area contributed by atoms with Gasteiger partial charge in [-0.3, -0.25) is 0 Å². The van der Waals surface area contributed by atoms with Crippen molar-refractivity contribution >= 4 is 19.6 Å². The van der Waals surface area contributed by atoms with Gasteiger partial charge in [-0.05, 0) is 36.5 Å². The van der Waals surface area contributed by atoms with Crippen LogP contribution >= 0.6 is 0 Å². The number of benzene rings is 1. The first-order valence-electron chi connectivity index (χ1n) is 9.38. The molecule has 1 aromatic carbocycles. The number of carbonyl (C=O) groups is 2. The van der Waals surface area contributed by atoms with E-state index in [1.54, 1.807) is 6.07 Å². The van der Waals surface area contributed by atoms with E-state index in [9.17, 15) is 9.59 Å². The number of carbonyl (C=O) groups excluding carboxylic acids is 2. The summed E-state index contributed by atoms with van der Waals surface area (Å²) in [6, 6.07) is 3.78. The van der Waals surface area contributed by atoms with Gasteiger partial charge in [0.2, 0.25) is 0 Å². The lowest BCUT2D eigenvalue weighted by atomic mass is 9.74. The van der Waals surface area contributed by atoms with Gasteiger partial charge >= 0.3 is 6.09 Å². The van der Waals surface area contributed by atoms with Gasteiger partial charge in [-0.2, -0.15) is 0 Å². The van der Waals surface area contributed by atoms with Gasteiger partial charge in [0, 0.05) is 25.1 Å². The zero-order valence-corrected chi connectivity index (χ0v) is 17.3. The van der Waals surface area contributed by atoms with Gasteiger partial charge in [0.1, 0.15) is 5.75 Å². The van der Waals surface area contributed by atoms with E-state index < -0.39 is 17.2 Å². The molecule has 154 valence electrons. The number of ether oxygens (including phenoxy) is 3. The maximum Gasteiger partial charge on any atom is 0.412 e. The highest BCUT2D eigenvalue weighted by atomic mass is 16.6. The Morgan fingerprint density at radius 3 is 2.36 bits per heavy atom. The molecule has 3 N–H and O–H groups in total. The molecule has 0 aliphatic carbocycles.